The number of aryl methyl sites for hydroxylation is 1. The van der Waals surface area contributed by atoms with Crippen LogP contribution in [0.1, 0.15) is 11.1 Å². The first-order valence-corrected chi connectivity index (χ1v) is 7.97. The molecule has 0 atom stereocenters. The molecule has 8 heteroatoms. The van der Waals surface area contributed by atoms with E-state index in [0.717, 1.165) is 16.5 Å². The highest BCUT2D eigenvalue weighted by Gasteiger charge is 2.08. The molecule has 0 aliphatic heterocycles. The van der Waals surface area contributed by atoms with Gasteiger partial charge in [-0.1, -0.05) is 35.9 Å². The fourth-order valence-corrected chi connectivity index (χ4v) is 2.62. The predicted octanol–water partition coefficient (Wildman–Crippen LogP) is 2.74. The highest BCUT2D eigenvalue weighted by atomic mass is 16.2. The van der Waals surface area contributed by atoms with Crippen molar-refractivity contribution in [1.82, 2.24) is 25.5 Å². The fourth-order valence-electron chi connectivity index (χ4n) is 2.62. The van der Waals surface area contributed by atoms with E-state index in [9.17, 15) is 4.79 Å². The van der Waals surface area contributed by atoms with Crippen molar-refractivity contribution in [2.45, 2.75) is 6.92 Å². The van der Waals surface area contributed by atoms with Gasteiger partial charge in [0.15, 0.2) is 5.65 Å². The first-order chi connectivity index (χ1) is 12.7. The number of hydrogen-bond donors (Lipinski definition) is 2. The zero-order chi connectivity index (χ0) is 17.9. The zero-order valence-electron chi connectivity index (χ0n) is 13.9. The number of tetrazole rings is 1. The summed E-state index contributed by atoms with van der Waals surface area (Å²) >= 11 is 0. The average Bonchev–Trinajstić information content (AvgIpc) is 3.14. The number of fused-ring (bicyclic) bond motifs is 3. The van der Waals surface area contributed by atoms with Crippen molar-refractivity contribution >= 4 is 34.5 Å². The third kappa shape index (κ3) is 3.07. The van der Waals surface area contributed by atoms with Crippen molar-refractivity contribution in [3.05, 3.63) is 65.7 Å². The number of pyridine rings is 1. The van der Waals surface area contributed by atoms with E-state index in [4.69, 9.17) is 0 Å². The zero-order valence-corrected chi connectivity index (χ0v) is 13.9. The Labute approximate surface area is 148 Å². The van der Waals surface area contributed by atoms with E-state index in [-0.39, 0.29) is 0 Å². The van der Waals surface area contributed by atoms with E-state index < -0.39 is 6.03 Å². The lowest BCUT2D eigenvalue weighted by Crippen LogP contribution is -2.24. The van der Waals surface area contributed by atoms with E-state index in [1.54, 1.807) is 4.52 Å². The summed E-state index contributed by atoms with van der Waals surface area (Å²) < 4.78 is 1.64. The second kappa shape index (κ2) is 6.60. The van der Waals surface area contributed by atoms with Crippen LogP contribution in [0.25, 0.3) is 16.6 Å². The summed E-state index contributed by atoms with van der Waals surface area (Å²) in [6, 6.07) is 16.7. The molecule has 2 amide bonds. The highest BCUT2D eigenvalue weighted by molar-refractivity contribution is 5.96. The fraction of sp³-hybridized carbons (Fsp3) is 0.0556. The molecule has 0 aliphatic carbocycles. The van der Waals surface area contributed by atoms with E-state index in [1.807, 2.05) is 61.5 Å². The number of carbonyl (C=O) groups excluding carboxylic acids is 1. The Morgan fingerprint density at radius 1 is 1.15 bits per heavy atom. The van der Waals surface area contributed by atoms with Crippen LogP contribution in [0.2, 0.25) is 0 Å². The Hall–Kier alpha value is -3.81. The maximum atomic E-state index is 11.9. The molecule has 2 N–H and O–H groups in total. The van der Waals surface area contributed by atoms with Gasteiger partial charge in [0.25, 0.3) is 0 Å². The van der Waals surface area contributed by atoms with E-state index in [0.29, 0.717) is 16.9 Å². The van der Waals surface area contributed by atoms with Gasteiger partial charge >= 0.3 is 6.03 Å². The number of rotatable bonds is 3. The van der Waals surface area contributed by atoms with Crippen LogP contribution in [-0.2, 0) is 0 Å². The number of hydrazone groups is 1. The molecule has 0 saturated carbocycles. The van der Waals surface area contributed by atoms with Crippen molar-refractivity contribution in [2.24, 2.45) is 5.10 Å². The second-order valence-corrected chi connectivity index (χ2v) is 5.76. The third-order valence-electron chi connectivity index (χ3n) is 3.88. The van der Waals surface area contributed by atoms with Crippen LogP contribution in [0, 0.1) is 6.92 Å². The Bertz CT molecular complexity index is 1120. The lowest BCUT2D eigenvalue weighted by molar-refractivity contribution is 0.252. The summed E-state index contributed by atoms with van der Waals surface area (Å²) in [5.74, 6) is 0. The molecular formula is C18H15N7O. The van der Waals surface area contributed by atoms with Gasteiger partial charge in [0.1, 0.15) is 0 Å². The molecule has 0 spiro atoms. The summed E-state index contributed by atoms with van der Waals surface area (Å²) in [7, 11) is 0. The van der Waals surface area contributed by atoms with Gasteiger partial charge in [0.05, 0.1) is 11.7 Å². The topological polar surface area (TPSA) is 96.6 Å². The molecule has 26 heavy (non-hydrogen) atoms. The van der Waals surface area contributed by atoms with Crippen LogP contribution in [0.5, 0.6) is 0 Å². The van der Waals surface area contributed by atoms with E-state index in [1.165, 1.54) is 6.21 Å². The predicted molar refractivity (Wildman–Crippen MR) is 99.2 cm³/mol. The van der Waals surface area contributed by atoms with Crippen LogP contribution >= 0.6 is 0 Å². The summed E-state index contributed by atoms with van der Waals surface area (Å²) in [6.45, 7) is 1.98. The number of amides is 2. The molecule has 0 unspecified atom stereocenters. The molecule has 0 fully saturated rings. The maximum absolute atomic E-state index is 11.9. The van der Waals surface area contributed by atoms with Crippen molar-refractivity contribution in [2.75, 3.05) is 5.32 Å². The van der Waals surface area contributed by atoms with Gasteiger partial charge in [-0.15, -0.1) is 5.10 Å². The summed E-state index contributed by atoms with van der Waals surface area (Å²) in [4.78, 5) is 11.9. The van der Waals surface area contributed by atoms with Crippen molar-refractivity contribution in [1.29, 1.82) is 0 Å². The Kier molecular flexibility index (Phi) is 3.98. The van der Waals surface area contributed by atoms with Gasteiger partial charge < -0.3 is 5.32 Å². The molecule has 2 heterocycles. The third-order valence-corrected chi connectivity index (χ3v) is 3.88. The number of hydrogen-bond acceptors (Lipinski definition) is 5. The Morgan fingerprint density at radius 3 is 2.81 bits per heavy atom. The number of para-hydroxylation sites is 1. The first-order valence-electron chi connectivity index (χ1n) is 7.97. The van der Waals surface area contributed by atoms with Gasteiger partial charge in [-0.05, 0) is 41.6 Å². The summed E-state index contributed by atoms with van der Waals surface area (Å²) in [6.07, 6.45) is 1.52. The van der Waals surface area contributed by atoms with E-state index in [2.05, 4.69) is 31.4 Å². The lowest BCUT2D eigenvalue weighted by Gasteiger charge is -2.05. The van der Waals surface area contributed by atoms with Gasteiger partial charge in [-0.3, -0.25) is 0 Å². The monoisotopic (exact) mass is 345 g/mol. The normalized spacial score (nSPS) is 11.3. The van der Waals surface area contributed by atoms with Gasteiger partial charge in [-0.2, -0.15) is 9.62 Å². The van der Waals surface area contributed by atoms with Crippen LogP contribution in [-0.4, -0.2) is 32.3 Å². The molecule has 4 rings (SSSR count). The highest BCUT2D eigenvalue weighted by Crippen LogP contribution is 2.17. The van der Waals surface area contributed by atoms with E-state index >= 15 is 0 Å². The molecule has 2 aromatic carbocycles. The molecule has 4 aromatic rings. The number of nitrogens with zero attached hydrogens (tertiary/aromatic N) is 5. The molecule has 8 nitrogen and oxygen atoms in total. The Morgan fingerprint density at radius 2 is 1.96 bits per heavy atom. The number of aromatic nitrogens is 4. The minimum atomic E-state index is -0.429. The maximum Gasteiger partial charge on any atom is 0.339 e. The minimum Gasteiger partial charge on any atom is -0.307 e. The SMILES string of the molecule is Cc1ccc(NC(=O)N/N=C/c2cc3ccccc3n3nnnc23)cc1. The van der Waals surface area contributed by atoms with Crippen molar-refractivity contribution < 1.29 is 4.79 Å². The molecule has 0 radical (unpaired) electrons. The lowest BCUT2D eigenvalue weighted by atomic mass is 10.1. The van der Waals surface area contributed by atoms with Crippen LogP contribution in [0.15, 0.2) is 59.7 Å². The number of anilines is 1. The largest absolute Gasteiger partial charge is 0.339 e. The van der Waals surface area contributed by atoms with Gasteiger partial charge in [-0.25, -0.2) is 10.2 Å². The van der Waals surface area contributed by atoms with Gasteiger partial charge in [0, 0.05) is 16.6 Å². The first kappa shape index (κ1) is 15.7. The summed E-state index contributed by atoms with van der Waals surface area (Å²) in [5, 5.41) is 19.4. The van der Waals surface area contributed by atoms with Crippen LogP contribution in [0.3, 0.4) is 0 Å². The number of urea groups is 1. The number of carbonyl (C=O) groups is 1. The van der Waals surface area contributed by atoms with Crippen molar-refractivity contribution in [3.8, 4) is 0 Å². The minimum absolute atomic E-state index is 0.429. The molecular weight excluding hydrogens is 330 g/mol. The standard InChI is InChI=1S/C18H15N7O/c1-12-6-8-15(9-7-12)20-18(26)22-19-11-14-10-13-4-2-3-5-16(13)25-17(14)21-23-24-25/h2-11H,1H3,(H2,20,22,26)/b19-11+. The Balaban J connectivity index is 1.53. The molecule has 0 bridgehead atoms. The average molecular weight is 345 g/mol. The second-order valence-electron chi connectivity index (χ2n) is 5.76. The van der Waals surface area contributed by atoms with Gasteiger partial charge in [0.2, 0.25) is 0 Å². The van der Waals surface area contributed by atoms with Crippen LogP contribution < -0.4 is 10.7 Å². The van der Waals surface area contributed by atoms with Crippen molar-refractivity contribution in [3.63, 3.8) is 0 Å². The molecule has 0 aliphatic rings. The molecule has 0 saturated heterocycles. The summed E-state index contributed by atoms with van der Waals surface area (Å²) in [5.41, 5.74) is 6.41. The molecule has 2 aromatic heterocycles. The molecule has 128 valence electrons. The van der Waals surface area contributed by atoms with Crippen LogP contribution in [0.4, 0.5) is 10.5 Å². The number of nitrogens with one attached hydrogen (secondary N) is 2. The quantitative estimate of drug-likeness (QED) is 0.441. The number of benzene rings is 2. The smallest absolute Gasteiger partial charge is 0.307 e.